The summed E-state index contributed by atoms with van der Waals surface area (Å²) in [7, 11) is 3.27. The highest BCUT2D eigenvalue weighted by molar-refractivity contribution is 6.19. The number of fused-ring (bicyclic) bond motifs is 1. The van der Waals surface area contributed by atoms with Crippen LogP contribution in [-0.4, -0.2) is 69.1 Å². The number of hydrogen-bond acceptors (Lipinski definition) is 8. The van der Waals surface area contributed by atoms with Crippen molar-refractivity contribution in [3.8, 4) is 5.75 Å². The predicted octanol–water partition coefficient (Wildman–Crippen LogP) is 3.73. The topological polar surface area (TPSA) is 118 Å². The van der Waals surface area contributed by atoms with Crippen LogP contribution in [0.15, 0.2) is 60.9 Å². The zero-order chi connectivity index (χ0) is 26.9. The summed E-state index contributed by atoms with van der Waals surface area (Å²) in [5.74, 6) is 2.10. The number of urea groups is 1. The second-order valence-corrected chi connectivity index (χ2v) is 9.98. The summed E-state index contributed by atoms with van der Waals surface area (Å²) in [4.78, 5) is 40.9. The lowest BCUT2D eigenvalue weighted by Crippen LogP contribution is -2.31. The third-order valence-corrected chi connectivity index (χ3v) is 7.27. The third-order valence-electron chi connectivity index (χ3n) is 7.27. The highest BCUT2D eigenvalue weighted by atomic mass is 16.5. The molecule has 0 bridgehead atoms. The lowest BCUT2D eigenvalue weighted by Gasteiger charge is -2.18. The van der Waals surface area contributed by atoms with E-state index in [-0.39, 0.29) is 30.6 Å². The molecule has 4 heterocycles. The molecule has 6 rings (SSSR count). The van der Waals surface area contributed by atoms with Crippen LogP contribution in [-0.2, 0) is 11.3 Å². The molecule has 11 heteroatoms. The Hall–Kier alpha value is -4.67. The van der Waals surface area contributed by atoms with E-state index in [0.29, 0.717) is 18.1 Å². The van der Waals surface area contributed by atoms with Crippen molar-refractivity contribution >= 4 is 40.6 Å². The summed E-state index contributed by atoms with van der Waals surface area (Å²) in [5, 5.41) is 7.15. The van der Waals surface area contributed by atoms with Crippen molar-refractivity contribution in [3.63, 3.8) is 0 Å². The van der Waals surface area contributed by atoms with E-state index in [1.54, 1.807) is 32.6 Å². The number of imide groups is 1. The van der Waals surface area contributed by atoms with Crippen LogP contribution < -0.4 is 20.3 Å². The fourth-order valence-electron chi connectivity index (χ4n) is 5.24. The SMILES string of the molecule is COc1ccc(Cn2c(N[C@H]3CC[C@H](Nc4ccc(N5C(=O)CN(C)C5=O)cn4)C3)nc3cccnc32)cc1. The normalized spacial score (nSPS) is 19.2. The summed E-state index contributed by atoms with van der Waals surface area (Å²) in [6.45, 7) is 0.724. The first-order valence-electron chi connectivity index (χ1n) is 13.0. The van der Waals surface area contributed by atoms with E-state index < -0.39 is 0 Å². The zero-order valence-electron chi connectivity index (χ0n) is 21.9. The number of amides is 3. The van der Waals surface area contributed by atoms with Gasteiger partial charge in [-0.25, -0.2) is 24.6 Å². The van der Waals surface area contributed by atoms with Crippen LogP contribution in [0.1, 0.15) is 24.8 Å². The van der Waals surface area contributed by atoms with E-state index in [4.69, 9.17) is 9.72 Å². The van der Waals surface area contributed by atoms with Crippen LogP contribution >= 0.6 is 0 Å². The monoisotopic (exact) mass is 526 g/mol. The number of anilines is 3. The maximum atomic E-state index is 12.2. The molecule has 1 saturated heterocycles. The van der Waals surface area contributed by atoms with Gasteiger partial charge >= 0.3 is 6.03 Å². The smallest absolute Gasteiger partial charge is 0.331 e. The number of benzene rings is 1. The third kappa shape index (κ3) is 4.95. The van der Waals surface area contributed by atoms with Crippen molar-refractivity contribution in [3.05, 3.63) is 66.5 Å². The molecule has 4 aromatic rings. The van der Waals surface area contributed by atoms with Crippen LogP contribution in [0.5, 0.6) is 5.75 Å². The van der Waals surface area contributed by atoms with E-state index in [0.717, 1.165) is 47.7 Å². The number of likely N-dealkylation sites (N-methyl/N-ethyl adjacent to an activating group) is 1. The number of pyridine rings is 2. The molecule has 200 valence electrons. The fraction of sp³-hybridized carbons (Fsp3) is 0.321. The number of aromatic nitrogens is 4. The highest BCUT2D eigenvalue weighted by Crippen LogP contribution is 2.28. The molecule has 2 N–H and O–H groups in total. The molecule has 2 fully saturated rings. The van der Waals surface area contributed by atoms with Crippen molar-refractivity contribution in [2.45, 2.75) is 37.9 Å². The minimum absolute atomic E-state index is 0.0826. The number of imidazole rings is 1. The summed E-state index contributed by atoms with van der Waals surface area (Å²) in [6, 6.07) is 15.6. The van der Waals surface area contributed by atoms with Gasteiger partial charge in [0.15, 0.2) is 5.65 Å². The van der Waals surface area contributed by atoms with E-state index >= 15 is 0 Å². The molecule has 3 amide bonds. The Morgan fingerprint density at radius 2 is 1.79 bits per heavy atom. The van der Waals surface area contributed by atoms with Crippen LogP contribution in [0.25, 0.3) is 11.2 Å². The van der Waals surface area contributed by atoms with Gasteiger partial charge in [0.2, 0.25) is 5.95 Å². The average molecular weight is 527 g/mol. The molecule has 2 aliphatic rings. The Balaban J connectivity index is 1.12. The first-order chi connectivity index (χ1) is 19.0. The van der Waals surface area contributed by atoms with E-state index in [1.165, 1.54) is 9.80 Å². The molecule has 11 nitrogen and oxygen atoms in total. The van der Waals surface area contributed by atoms with E-state index in [9.17, 15) is 9.59 Å². The van der Waals surface area contributed by atoms with Gasteiger partial charge in [-0.2, -0.15) is 0 Å². The minimum Gasteiger partial charge on any atom is -0.497 e. The molecular weight excluding hydrogens is 496 g/mol. The van der Waals surface area contributed by atoms with Crippen molar-refractivity contribution in [1.82, 2.24) is 24.4 Å². The summed E-state index contributed by atoms with van der Waals surface area (Å²) >= 11 is 0. The summed E-state index contributed by atoms with van der Waals surface area (Å²) in [6.07, 6.45) is 6.22. The number of nitrogens with one attached hydrogen (secondary N) is 2. The van der Waals surface area contributed by atoms with Crippen LogP contribution in [0.2, 0.25) is 0 Å². The largest absolute Gasteiger partial charge is 0.497 e. The molecular formula is C28H30N8O3. The number of hydrogen-bond donors (Lipinski definition) is 2. The van der Waals surface area contributed by atoms with Gasteiger partial charge in [0.05, 0.1) is 25.5 Å². The van der Waals surface area contributed by atoms with E-state index in [1.807, 2.05) is 30.3 Å². The summed E-state index contributed by atoms with van der Waals surface area (Å²) in [5.41, 5.74) is 3.31. The molecule has 1 aliphatic carbocycles. The van der Waals surface area contributed by atoms with Gasteiger partial charge < -0.3 is 20.3 Å². The lowest BCUT2D eigenvalue weighted by molar-refractivity contribution is -0.116. The number of nitrogens with zero attached hydrogens (tertiary/aromatic N) is 6. The van der Waals surface area contributed by atoms with Gasteiger partial charge in [0, 0.05) is 25.3 Å². The Morgan fingerprint density at radius 1 is 1.00 bits per heavy atom. The molecule has 39 heavy (non-hydrogen) atoms. The van der Waals surface area contributed by atoms with Gasteiger partial charge in [-0.1, -0.05) is 12.1 Å². The number of carbonyl (C=O) groups excluding carboxylic acids is 2. The molecule has 1 saturated carbocycles. The zero-order valence-corrected chi connectivity index (χ0v) is 21.9. The Morgan fingerprint density at radius 3 is 2.49 bits per heavy atom. The molecule has 3 aromatic heterocycles. The number of methoxy groups -OCH3 is 1. The molecule has 0 radical (unpaired) electrons. The van der Waals surface area contributed by atoms with Gasteiger partial charge in [-0.15, -0.1) is 0 Å². The van der Waals surface area contributed by atoms with Gasteiger partial charge in [-0.3, -0.25) is 9.36 Å². The average Bonchev–Trinajstić information content (AvgIpc) is 3.61. The fourth-order valence-corrected chi connectivity index (χ4v) is 5.24. The molecule has 0 unspecified atom stereocenters. The van der Waals surface area contributed by atoms with Crippen molar-refractivity contribution in [2.75, 3.05) is 36.2 Å². The van der Waals surface area contributed by atoms with Gasteiger partial charge in [0.1, 0.15) is 23.6 Å². The minimum atomic E-state index is -0.333. The standard InChI is InChI=1S/C28H30N8O3/c1-34-17-25(37)36(28(34)38)21-9-12-24(30-15-21)31-19-7-8-20(14-19)32-27-33-23-4-3-13-29-26(23)35(27)16-18-5-10-22(39-2)11-6-18/h3-6,9-13,15,19-20H,7-8,14,16-17H2,1-2H3,(H,30,31)(H,32,33)/t19-,20-/m0/s1. The molecule has 1 aliphatic heterocycles. The van der Waals surface area contributed by atoms with Crippen LogP contribution in [0.4, 0.5) is 22.2 Å². The Labute approximate surface area is 225 Å². The first kappa shape index (κ1) is 24.7. The van der Waals surface area contributed by atoms with Crippen LogP contribution in [0, 0.1) is 0 Å². The molecule has 2 atom stereocenters. The number of carbonyl (C=O) groups is 2. The van der Waals surface area contributed by atoms with Gasteiger partial charge in [-0.05, 0) is 61.2 Å². The highest BCUT2D eigenvalue weighted by Gasteiger charge is 2.35. The van der Waals surface area contributed by atoms with Crippen LogP contribution in [0.3, 0.4) is 0 Å². The predicted molar refractivity (Wildman–Crippen MR) is 148 cm³/mol. The van der Waals surface area contributed by atoms with Crippen molar-refractivity contribution in [1.29, 1.82) is 0 Å². The van der Waals surface area contributed by atoms with E-state index in [2.05, 4.69) is 37.3 Å². The van der Waals surface area contributed by atoms with Gasteiger partial charge in [0.25, 0.3) is 5.91 Å². The maximum Gasteiger partial charge on any atom is 0.331 e. The Bertz CT molecular complexity index is 1500. The Kier molecular flexibility index (Phi) is 6.47. The summed E-state index contributed by atoms with van der Waals surface area (Å²) < 4.78 is 7.42. The second kappa shape index (κ2) is 10.2. The number of ether oxygens (including phenoxy) is 1. The number of rotatable bonds is 8. The molecule has 1 aromatic carbocycles. The van der Waals surface area contributed by atoms with Crippen molar-refractivity contribution < 1.29 is 14.3 Å². The lowest BCUT2D eigenvalue weighted by atomic mass is 10.2. The van der Waals surface area contributed by atoms with Crippen molar-refractivity contribution in [2.24, 2.45) is 0 Å². The first-order valence-corrected chi connectivity index (χ1v) is 13.0. The quantitative estimate of drug-likeness (QED) is 0.334. The maximum absolute atomic E-state index is 12.2. The second-order valence-electron chi connectivity index (χ2n) is 9.98. The molecule has 0 spiro atoms.